The lowest BCUT2D eigenvalue weighted by Crippen LogP contribution is -2.17. The van der Waals surface area contributed by atoms with Crippen molar-refractivity contribution in [2.45, 2.75) is 19.8 Å². The summed E-state index contributed by atoms with van der Waals surface area (Å²) in [7, 11) is 5.78. The van der Waals surface area contributed by atoms with Crippen LogP contribution in [0.15, 0.2) is 4.47 Å². The third kappa shape index (κ3) is 2.92. The Hall–Kier alpha value is -0.680. The summed E-state index contributed by atoms with van der Waals surface area (Å²) in [5.74, 6) is 0.0934. The van der Waals surface area contributed by atoms with Gasteiger partial charge in [0.05, 0.1) is 10.2 Å². The number of Topliss-reactive ketones (excluding diaryl/α,β-unsaturated/α-hetero) is 1. The first-order chi connectivity index (χ1) is 7.47. The third-order valence-electron chi connectivity index (χ3n) is 2.49. The number of carbonyl (C=O) groups excluding carboxylic acids is 1. The molecular formula is C11H18BrN3O. The summed E-state index contributed by atoms with van der Waals surface area (Å²) in [6, 6.07) is 0. The molecule has 4 nitrogen and oxygen atoms in total. The van der Waals surface area contributed by atoms with Gasteiger partial charge in [-0.1, -0.05) is 6.92 Å². The smallest absolute Gasteiger partial charge is 0.185 e. The first kappa shape index (κ1) is 13.4. The molecule has 0 radical (unpaired) electrons. The molecular weight excluding hydrogens is 270 g/mol. The number of hydrogen-bond acceptors (Lipinski definition) is 3. The normalized spacial score (nSPS) is 11.1. The fourth-order valence-corrected chi connectivity index (χ4v) is 2.38. The van der Waals surface area contributed by atoms with E-state index in [0.717, 1.165) is 23.1 Å². The van der Waals surface area contributed by atoms with Gasteiger partial charge in [0.1, 0.15) is 5.69 Å². The molecule has 1 aromatic heterocycles. The molecule has 0 bridgehead atoms. The van der Waals surface area contributed by atoms with Crippen LogP contribution in [0.1, 0.15) is 29.5 Å². The average Bonchev–Trinajstić information content (AvgIpc) is 2.50. The van der Waals surface area contributed by atoms with Crippen molar-refractivity contribution in [1.29, 1.82) is 0 Å². The Morgan fingerprint density at radius 1 is 1.50 bits per heavy atom. The number of ketones is 1. The average molecular weight is 288 g/mol. The molecule has 1 rings (SSSR count). The summed E-state index contributed by atoms with van der Waals surface area (Å²) < 4.78 is 2.62. The molecule has 0 spiro atoms. The standard InChI is InChI=1S/C11H18BrN3O/c1-5-8-10(12)11(13-15(8)4)9(16)6-7-14(2)3/h5-7H2,1-4H3. The van der Waals surface area contributed by atoms with E-state index in [9.17, 15) is 4.79 Å². The molecule has 0 saturated carbocycles. The van der Waals surface area contributed by atoms with E-state index in [1.807, 2.05) is 26.0 Å². The van der Waals surface area contributed by atoms with Crippen molar-refractivity contribution in [3.63, 3.8) is 0 Å². The van der Waals surface area contributed by atoms with Gasteiger partial charge in [0.15, 0.2) is 5.78 Å². The van der Waals surface area contributed by atoms with Crippen molar-refractivity contribution in [3.05, 3.63) is 15.9 Å². The quantitative estimate of drug-likeness (QED) is 0.776. The first-order valence-corrected chi connectivity index (χ1v) is 6.16. The molecule has 0 aromatic carbocycles. The summed E-state index contributed by atoms with van der Waals surface area (Å²) in [5, 5.41) is 4.26. The number of aryl methyl sites for hydroxylation is 1. The molecule has 0 aliphatic carbocycles. The van der Waals surface area contributed by atoms with Crippen LogP contribution in [0.2, 0.25) is 0 Å². The summed E-state index contributed by atoms with van der Waals surface area (Å²) >= 11 is 3.45. The van der Waals surface area contributed by atoms with Crippen LogP contribution in [0.25, 0.3) is 0 Å². The number of aromatic nitrogens is 2. The number of nitrogens with zero attached hydrogens (tertiary/aromatic N) is 3. The highest BCUT2D eigenvalue weighted by Crippen LogP contribution is 2.22. The number of halogens is 1. The van der Waals surface area contributed by atoms with Crippen LogP contribution in [0.5, 0.6) is 0 Å². The molecule has 0 N–H and O–H groups in total. The van der Waals surface area contributed by atoms with Crippen molar-refractivity contribution in [2.24, 2.45) is 7.05 Å². The summed E-state index contributed by atoms with van der Waals surface area (Å²) in [6.07, 6.45) is 1.37. The largest absolute Gasteiger partial charge is 0.309 e. The van der Waals surface area contributed by atoms with E-state index in [1.54, 1.807) is 4.68 Å². The second kappa shape index (κ2) is 5.59. The van der Waals surface area contributed by atoms with Gasteiger partial charge in [-0.05, 0) is 36.4 Å². The van der Waals surface area contributed by atoms with E-state index in [0.29, 0.717) is 12.1 Å². The maximum Gasteiger partial charge on any atom is 0.185 e. The minimum absolute atomic E-state index is 0.0934. The van der Waals surface area contributed by atoms with E-state index in [1.165, 1.54) is 0 Å². The van der Waals surface area contributed by atoms with Gasteiger partial charge in [-0.2, -0.15) is 5.10 Å². The first-order valence-electron chi connectivity index (χ1n) is 5.36. The molecule has 0 amide bonds. The zero-order valence-electron chi connectivity index (χ0n) is 10.2. The highest BCUT2D eigenvalue weighted by atomic mass is 79.9. The molecule has 1 heterocycles. The SMILES string of the molecule is CCc1c(Br)c(C(=O)CCN(C)C)nn1C. The third-order valence-corrected chi connectivity index (χ3v) is 3.32. The van der Waals surface area contributed by atoms with Crippen LogP contribution in [-0.4, -0.2) is 41.1 Å². The molecule has 0 aliphatic rings. The second-order valence-electron chi connectivity index (χ2n) is 4.06. The van der Waals surface area contributed by atoms with Crippen LogP contribution in [-0.2, 0) is 13.5 Å². The van der Waals surface area contributed by atoms with E-state index in [4.69, 9.17) is 0 Å². The Labute approximate surface area is 105 Å². The van der Waals surface area contributed by atoms with Crippen LogP contribution < -0.4 is 0 Å². The summed E-state index contributed by atoms with van der Waals surface area (Å²) in [6.45, 7) is 2.80. The van der Waals surface area contributed by atoms with Gasteiger partial charge in [-0.3, -0.25) is 9.48 Å². The lowest BCUT2D eigenvalue weighted by Gasteiger charge is -2.07. The predicted octanol–water partition coefficient (Wildman–Crippen LogP) is 1.88. The monoisotopic (exact) mass is 287 g/mol. The van der Waals surface area contributed by atoms with Gasteiger partial charge in [0, 0.05) is 20.0 Å². The van der Waals surface area contributed by atoms with E-state index in [2.05, 4.69) is 28.0 Å². The minimum Gasteiger partial charge on any atom is -0.309 e. The van der Waals surface area contributed by atoms with E-state index < -0.39 is 0 Å². The van der Waals surface area contributed by atoms with Crippen molar-refractivity contribution in [3.8, 4) is 0 Å². The Balaban J connectivity index is 2.84. The fourth-order valence-electron chi connectivity index (χ4n) is 1.54. The lowest BCUT2D eigenvalue weighted by atomic mass is 10.2. The summed E-state index contributed by atoms with van der Waals surface area (Å²) in [5.41, 5.74) is 1.62. The van der Waals surface area contributed by atoms with Crippen molar-refractivity contribution in [2.75, 3.05) is 20.6 Å². The number of hydrogen-bond donors (Lipinski definition) is 0. The molecule has 0 aliphatic heterocycles. The zero-order chi connectivity index (χ0) is 12.3. The number of rotatable bonds is 5. The summed E-state index contributed by atoms with van der Waals surface area (Å²) in [4.78, 5) is 13.9. The van der Waals surface area contributed by atoms with Gasteiger partial charge < -0.3 is 4.90 Å². The van der Waals surface area contributed by atoms with Crippen molar-refractivity contribution in [1.82, 2.24) is 14.7 Å². The minimum atomic E-state index is 0.0934. The van der Waals surface area contributed by atoms with E-state index in [-0.39, 0.29) is 5.78 Å². The molecule has 0 atom stereocenters. The molecule has 5 heteroatoms. The molecule has 0 unspecified atom stereocenters. The Morgan fingerprint density at radius 3 is 2.56 bits per heavy atom. The van der Waals surface area contributed by atoms with Gasteiger partial charge >= 0.3 is 0 Å². The number of carbonyl (C=O) groups is 1. The Bertz CT molecular complexity index is 385. The maximum atomic E-state index is 11.9. The predicted molar refractivity (Wildman–Crippen MR) is 67.8 cm³/mol. The van der Waals surface area contributed by atoms with Gasteiger partial charge in [-0.15, -0.1) is 0 Å². The molecule has 1 aromatic rings. The topological polar surface area (TPSA) is 38.1 Å². The zero-order valence-corrected chi connectivity index (χ0v) is 11.8. The van der Waals surface area contributed by atoms with Crippen LogP contribution in [0.4, 0.5) is 0 Å². The van der Waals surface area contributed by atoms with Gasteiger partial charge in [-0.25, -0.2) is 0 Å². The molecule has 90 valence electrons. The molecule has 16 heavy (non-hydrogen) atoms. The Morgan fingerprint density at radius 2 is 2.12 bits per heavy atom. The Kier molecular flexibility index (Phi) is 4.68. The van der Waals surface area contributed by atoms with Crippen LogP contribution >= 0.6 is 15.9 Å². The highest BCUT2D eigenvalue weighted by Gasteiger charge is 2.18. The van der Waals surface area contributed by atoms with E-state index >= 15 is 0 Å². The fraction of sp³-hybridized carbons (Fsp3) is 0.636. The van der Waals surface area contributed by atoms with Gasteiger partial charge in [0.25, 0.3) is 0 Å². The highest BCUT2D eigenvalue weighted by molar-refractivity contribution is 9.10. The van der Waals surface area contributed by atoms with Gasteiger partial charge in [0.2, 0.25) is 0 Å². The lowest BCUT2D eigenvalue weighted by molar-refractivity contribution is 0.0966. The van der Waals surface area contributed by atoms with Crippen LogP contribution in [0.3, 0.4) is 0 Å². The second-order valence-corrected chi connectivity index (χ2v) is 4.86. The van der Waals surface area contributed by atoms with Crippen LogP contribution in [0, 0.1) is 0 Å². The molecule has 0 saturated heterocycles. The van der Waals surface area contributed by atoms with Crippen molar-refractivity contribution < 1.29 is 4.79 Å². The molecule has 0 fully saturated rings. The van der Waals surface area contributed by atoms with Crippen molar-refractivity contribution >= 4 is 21.7 Å². The maximum absolute atomic E-state index is 11.9.